The van der Waals surface area contributed by atoms with Gasteiger partial charge in [0.25, 0.3) is 0 Å². The summed E-state index contributed by atoms with van der Waals surface area (Å²) in [5.41, 5.74) is 3.41. The van der Waals surface area contributed by atoms with Crippen LogP contribution in [-0.2, 0) is 24.4 Å². The molecule has 0 atom stereocenters. The van der Waals surface area contributed by atoms with E-state index in [-0.39, 0.29) is 0 Å². The van der Waals surface area contributed by atoms with Crippen molar-refractivity contribution in [2.45, 2.75) is 40.5 Å². The largest absolute Gasteiger partial charge is 0.496 e. The maximum Gasteiger partial charge on any atom is 0.148 e. The van der Waals surface area contributed by atoms with Gasteiger partial charge in [-0.2, -0.15) is 5.10 Å². The number of nitrogens with zero attached hydrogens (tertiary/aromatic N) is 2. The van der Waals surface area contributed by atoms with Gasteiger partial charge in [-0.3, -0.25) is 4.68 Å². The second kappa shape index (κ2) is 7.84. The molecule has 0 aliphatic heterocycles. The Kier molecular flexibility index (Phi) is 5.83. The predicted octanol–water partition coefficient (Wildman–Crippen LogP) is 3.37. The molecule has 0 spiro atoms. The van der Waals surface area contributed by atoms with Crippen LogP contribution in [0, 0.1) is 6.92 Å². The van der Waals surface area contributed by atoms with Gasteiger partial charge in [0.1, 0.15) is 11.6 Å². The zero-order valence-corrected chi connectivity index (χ0v) is 13.8. The summed E-state index contributed by atoms with van der Waals surface area (Å²) in [4.78, 5) is 0. The van der Waals surface area contributed by atoms with Gasteiger partial charge >= 0.3 is 0 Å². The van der Waals surface area contributed by atoms with E-state index >= 15 is 0 Å². The molecule has 2 aromatic rings. The molecule has 0 radical (unpaired) electrons. The molecule has 2 rings (SSSR count). The molecule has 0 saturated heterocycles. The van der Waals surface area contributed by atoms with Crippen molar-refractivity contribution < 1.29 is 9.47 Å². The van der Waals surface area contributed by atoms with E-state index in [1.165, 1.54) is 5.56 Å². The molecule has 1 heterocycles. The first-order valence-corrected chi connectivity index (χ1v) is 7.69. The number of ether oxygens (including phenoxy) is 2. The lowest BCUT2D eigenvalue weighted by molar-refractivity contribution is 0.132. The summed E-state index contributed by atoms with van der Waals surface area (Å²) < 4.78 is 12.9. The van der Waals surface area contributed by atoms with Gasteiger partial charge in [0, 0.05) is 37.0 Å². The number of anilines is 1. The molecular formula is C17H25N3O2. The fraction of sp³-hybridized carbons (Fsp3) is 0.471. The van der Waals surface area contributed by atoms with E-state index in [0.29, 0.717) is 13.2 Å². The smallest absolute Gasteiger partial charge is 0.148 e. The minimum absolute atomic E-state index is 0.567. The lowest BCUT2D eigenvalue weighted by Gasteiger charge is -2.11. The zero-order valence-electron chi connectivity index (χ0n) is 13.8. The Morgan fingerprint density at radius 3 is 2.68 bits per heavy atom. The quantitative estimate of drug-likeness (QED) is 0.812. The van der Waals surface area contributed by atoms with E-state index in [0.717, 1.165) is 35.9 Å². The Bertz CT molecular complexity index is 608. The highest BCUT2D eigenvalue weighted by Gasteiger charge is 2.06. The first-order valence-electron chi connectivity index (χ1n) is 7.69. The normalized spacial score (nSPS) is 10.7. The highest BCUT2D eigenvalue weighted by atomic mass is 16.5. The third-order valence-electron chi connectivity index (χ3n) is 3.56. The van der Waals surface area contributed by atoms with Gasteiger partial charge in [-0.15, -0.1) is 0 Å². The Morgan fingerprint density at radius 2 is 2.05 bits per heavy atom. The molecule has 0 fully saturated rings. The molecule has 0 bridgehead atoms. The second-order valence-electron chi connectivity index (χ2n) is 5.12. The molecule has 0 saturated carbocycles. The van der Waals surface area contributed by atoms with Gasteiger partial charge in [-0.05, 0) is 38.5 Å². The molecule has 5 heteroatoms. The van der Waals surface area contributed by atoms with Gasteiger partial charge in [-0.25, -0.2) is 0 Å². The number of aryl methyl sites for hydroxylation is 2. The average molecular weight is 303 g/mol. The maximum absolute atomic E-state index is 5.50. The van der Waals surface area contributed by atoms with E-state index in [2.05, 4.69) is 42.5 Å². The molecule has 0 unspecified atom stereocenters. The third-order valence-corrected chi connectivity index (χ3v) is 3.56. The summed E-state index contributed by atoms with van der Waals surface area (Å²) >= 11 is 0. The van der Waals surface area contributed by atoms with E-state index < -0.39 is 0 Å². The van der Waals surface area contributed by atoms with Gasteiger partial charge in [0.05, 0.1) is 13.7 Å². The lowest BCUT2D eigenvalue weighted by Crippen LogP contribution is -2.04. The lowest BCUT2D eigenvalue weighted by atomic mass is 10.1. The molecule has 1 aromatic heterocycles. The number of rotatable bonds is 8. The second-order valence-corrected chi connectivity index (χ2v) is 5.12. The Morgan fingerprint density at radius 1 is 1.23 bits per heavy atom. The van der Waals surface area contributed by atoms with Crippen LogP contribution >= 0.6 is 0 Å². The summed E-state index contributed by atoms with van der Waals surface area (Å²) in [6.07, 6.45) is 0. The van der Waals surface area contributed by atoms with Crippen molar-refractivity contribution in [3.05, 3.63) is 41.1 Å². The van der Waals surface area contributed by atoms with Crippen LogP contribution in [0.4, 0.5) is 5.82 Å². The van der Waals surface area contributed by atoms with Crippen molar-refractivity contribution in [1.82, 2.24) is 9.78 Å². The van der Waals surface area contributed by atoms with Crippen molar-refractivity contribution in [2.75, 3.05) is 19.0 Å². The van der Waals surface area contributed by atoms with Crippen molar-refractivity contribution >= 4 is 5.82 Å². The fourth-order valence-corrected chi connectivity index (χ4v) is 2.38. The van der Waals surface area contributed by atoms with E-state index in [1.807, 2.05) is 17.7 Å². The van der Waals surface area contributed by atoms with Gasteiger partial charge in [0.2, 0.25) is 0 Å². The zero-order chi connectivity index (χ0) is 15.9. The first kappa shape index (κ1) is 16.4. The maximum atomic E-state index is 5.50. The minimum atomic E-state index is 0.567. The van der Waals surface area contributed by atoms with Crippen LogP contribution in [-0.4, -0.2) is 23.5 Å². The van der Waals surface area contributed by atoms with Crippen LogP contribution in [0.15, 0.2) is 24.3 Å². The van der Waals surface area contributed by atoms with Crippen LogP contribution < -0.4 is 10.1 Å². The molecule has 0 amide bonds. The number of aromatic nitrogens is 2. The molecule has 120 valence electrons. The standard InChI is InChI=1S/C17H25N3O2/c1-5-20-13(3)9-17(19-20)18-11-14-7-8-16(21-4)15(10-14)12-22-6-2/h7-10H,5-6,11-12H2,1-4H3,(H,18,19). The highest BCUT2D eigenvalue weighted by Crippen LogP contribution is 2.21. The molecule has 1 N–H and O–H groups in total. The fourth-order valence-electron chi connectivity index (χ4n) is 2.38. The molecule has 5 nitrogen and oxygen atoms in total. The minimum Gasteiger partial charge on any atom is -0.496 e. The molecule has 0 aliphatic carbocycles. The van der Waals surface area contributed by atoms with E-state index in [1.54, 1.807) is 7.11 Å². The number of nitrogens with one attached hydrogen (secondary N) is 1. The molecule has 0 aliphatic rings. The predicted molar refractivity (Wildman–Crippen MR) is 88.3 cm³/mol. The van der Waals surface area contributed by atoms with Crippen molar-refractivity contribution in [3.8, 4) is 5.75 Å². The van der Waals surface area contributed by atoms with Gasteiger partial charge in [0.15, 0.2) is 0 Å². The molecule has 1 aromatic carbocycles. The summed E-state index contributed by atoms with van der Waals surface area (Å²) in [5, 5.41) is 7.87. The number of methoxy groups -OCH3 is 1. The van der Waals surface area contributed by atoms with Crippen molar-refractivity contribution in [3.63, 3.8) is 0 Å². The van der Waals surface area contributed by atoms with E-state index in [9.17, 15) is 0 Å². The monoisotopic (exact) mass is 303 g/mol. The molecule has 22 heavy (non-hydrogen) atoms. The van der Waals surface area contributed by atoms with Crippen molar-refractivity contribution in [2.24, 2.45) is 0 Å². The highest BCUT2D eigenvalue weighted by molar-refractivity contribution is 5.40. The summed E-state index contributed by atoms with van der Waals surface area (Å²) in [6.45, 7) is 9.01. The third kappa shape index (κ3) is 4.01. The Labute approximate surface area is 132 Å². The van der Waals surface area contributed by atoms with Crippen LogP contribution in [0.3, 0.4) is 0 Å². The van der Waals surface area contributed by atoms with Crippen LogP contribution in [0.1, 0.15) is 30.7 Å². The Hall–Kier alpha value is -2.01. The first-order chi connectivity index (χ1) is 10.7. The van der Waals surface area contributed by atoms with Crippen molar-refractivity contribution in [1.29, 1.82) is 0 Å². The van der Waals surface area contributed by atoms with Gasteiger partial charge < -0.3 is 14.8 Å². The van der Waals surface area contributed by atoms with E-state index in [4.69, 9.17) is 9.47 Å². The van der Waals surface area contributed by atoms with Crippen LogP contribution in [0.2, 0.25) is 0 Å². The van der Waals surface area contributed by atoms with Gasteiger partial charge in [-0.1, -0.05) is 6.07 Å². The molecular weight excluding hydrogens is 278 g/mol. The summed E-state index contributed by atoms with van der Waals surface area (Å²) in [6, 6.07) is 8.23. The topological polar surface area (TPSA) is 48.3 Å². The summed E-state index contributed by atoms with van der Waals surface area (Å²) in [5.74, 6) is 1.77. The number of benzene rings is 1. The SMILES string of the molecule is CCOCc1cc(CNc2cc(C)n(CC)n2)ccc1OC. The number of hydrogen-bond acceptors (Lipinski definition) is 4. The summed E-state index contributed by atoms with van der Waals surface area (Å²) in [7, 11) is 1.68. The van der Waals surface area contributed by atoms with Crippen LogP contribution in [0.5, 0.6) is 5.75 Å². The average Bonchev–Trinajstić information content (AvgIpc) is 2.91. The van der Waals surface area contributed by atoms with Crippen LogP contribution in [0.25, 0.3) is 0 Å². The number of hydrogen-bond donors (Lipinski definition) is 1. The Balaban J connectivity index is 2.05.